The van der Waals surface area contributed by atoms with Gasteiger partial charge in [0.15, 0.2) is 0 Å². The van der Waals surface area contributed by atoms with Crippen molar-refractivity contribution in [2.75, 3.05) is 13.2 Å². The number of aliphatic hydroxyl groups excluding tert-OH is 1. The monoisotopic (exact) mass is 220 g/mol. The Balaban J connectivity index is 0. The summed E-state index contributed by atoms with van der Waals surface area (Å²) >= 11 is 0. The van der Waals surface area contributed by atoms with Gasteiger partial charge in [0.2, 0.25) is 0 Å². The molecule has 0 saturated carbocycles. The minimum atomic E-state index is 0.354. The van der Waals surface area contributed by atoms with Gasteiger partial charge in [-0.15, -0.1) is 0 Å². The smallest absolute Gasteiger partial charge is 0.0847 e. The van der Waals surface area contributed by atoms with Gasteiger partial charge < -0.3 is 5.11 Å². The SMILES string of the molecule is CCC(CC)CO.CCC(CC)COO. The fourth-order valence-electron chi connectivity index (χ4n) is 1.18. The van der Waals surface area contributed by atoms with Gasteiger partial charge in [-0.1, -0.05) is 53.4 Å². The zero-order valence-electron chi connectivity index (χ0n) is 10.7. The highest BCUT2D eigenvalue weighted by Gasteiger charge is 2.00. The highest BCUT2D eigenvalue weighted by molar-refractivity contribution is 4.49. The van der Waals surface area contributed by atoms with E-state index in [2.05, 4.69) is 32.6 Å². The molecule has 0 aliphatic heterocycles. The maximum Gasteiger partial charge on any atom is 0.0847 e. The van der Waals surface area contributed by atoms with E-state index in [4.69, 9.17) is 10.4 Å². The molecule has 0 bridgehead atoms. The fraction of sp³-hybridized carbons (Fsp3) is 1.00. The van der Waals surface area contributed by atoms with Crippen molar-refractivity contribution in [2.24, 2.45) is 11.8 Å². The number of hydrogen-bond acceptors (Lipinski definition) is 3. The molecule has 3 nitrogen and oxygen atoms in total. The lowest BCUT2D eigenvalue weighted by Crippen LogP contribution is -2.04. The highest BCUT2D eigenvalue weighted by atomic mass is 17.1. The second-order valence-electron chi connectivity index (χ2n) is 3.84. The standard InChI is InChI=1S/C6H14O2.C6H14O/c1-3-6(4-2)5-8-7;1-3-6(4-2)5-7/h6-7H,3-5H2,1-2H3;6-7H,3-5H2,1-2H3. The summed E-state index contributed by atoms with van der Waals surface area (Å²) < 4.78 is 0. The summed E-state index contributed by atoms with van der Waals surface area (Å²) in [5, 5.41) is 16.5. The summed E-state index contributed by atoms with van der Waals surface area (Å²) in [7, 11) is 0. The molecule has 0 rings (SSSR count). The van der Waals surface area contributed by atoms with Crippen molar-refractivity contribution in [3.63, 3.8) is 0 Å². The molecule has 0 aliphatic carbocycles. The molecule has 94 valence electrons. The summed E-state index contributed by atoms with van der Waals surface area (Å²) in [6, 6.07) is 0. The third kappa shape index (κ3) is 11.8. The average molecular weight is 220 g/mol. The van der Waals surface area contributed by atoms with Gasteiger partial charge in [-0.05, 0) is 11.8 Å². The molecule has 0 heterocycles. The van der Waals surface area contributed by atoms with Crippen LogP contribution in [-0.2, 0) is 4.89 Å². The molecule has 0 aromatic rings. The van der Waals surface area contributed by atoms with Gasteiger partial charge in [0, 0.05) is 6.61 Å². The average Bonchev–Trinajstić information content (AvgIpc) is 2.29. The van der Waals surface area contributed by atoms with Crippen molar-refractivity contribution in [1.29, 1.82) is 0 Å². The molecule has 0 atom stereocenters. The van der Waals surface area contributed by atoms with Crippen molar-refractivity contribution in [3.8, 4) is 0 Å². The predicted molar refractivity (Wildman–Crippen MR) is 63.8 cm³/mol. The molecule has 0 aliphatic rings. The van der Waals surface area contributed by atoms with E-state index in [1.54, 1.807) is 0 Å². The largest absolute Gasteiger partial charge is 0.396 e. The van der Waals surface area contributed by atoms with Crippen LogP contribution in [0.4, 0.5) is 0 Å². The van der Waals surface area contributed by atoms with Gasteiger partial charge in [0.25, 0.3) is 0 Å². The van der Waals surface area contributed by atoms with Crippen molar-refractivity contribution < 1.29 is 15.3 Å². The van der Waals surface area contributed by atoms with Crippen molar-refractivity contribution >= 4 is 0 Å². The predicted octanol–water partition coefficient (Wildman–Crippen LogP) is 3.33. The quantitative estimate of drug-likeness (QED) is 0.511. The Morgan fingerprint density at radius 2 is 1.27 bits per heavy atom. The van der Waals surface area contributed by atoms with Crippen LogP contribution in [0.1, 0.15) is 53.4 Å². The Hall–Kier alpha value is -0.120. The lowest BCUT2D eigenvalue weighted by Gasteiger charge is -2.07. The van der Waals surface area contributed by atoms with E-state index in [1.165, 1.54) is 0 Å². The molecule has 0 aromatic heterocycles. The summed E-state index contributed by atoms with van der Waals surface area (Å²) in [4.78, 5) is 3.99. The second-order valence-corrected chi connectivity index (χ2v) is 3.84. The van der Waals surface area contributed by atoms with Gasteiger partial charge in [0.05, 0.1) is 6.61 Å². The zero-order valence-corrected chi connectivity index (χ0v) is 10.7. The normalized spacial score (nSPS) is 10.4. The van der Waals surface area contributed by atoms with Crippen LogP contribution < -0.4 is 0 Å². The molecule has 0 amide bonds. The van der Waals surface area contributed by atoms with Gasteiger partial charge in [-0.25, -0.2) is 4.89 Å². The van der Waals surface area contributed by atoms with Crippen molar-refractivity contribution in [3.05, 3.63) is 0 Å². The topological polar surface area (TPSA) is 49.7 Å². The van der Waals surface area contributed by atoms with Crippen LogP contribution in [0.3, 0.4) is 0 Å². The van der Waals surface area contributed by atoms with Crippen molar-refractivity contribution in [2.45, 2.75) is 53.4 Å². The minimum Gasteiger partial charge on any atom is -0.396 e. The first kappa shape index (κ1) is 17.3. The minimum absolute atomic E-state index is 0.354. The number of hydrogen-bond donors (Lipinski definition) is 2. The van der Waals surface area contributed by atoms with Gasteiger partial charge >= 0.3 is 0 Å². The maximum atomic E-state index is 8.53. The van der Waals surface area contributed by atoms with Crippen molar-refractivity contribution in [1.82, 2.24) is 0 Å². The Morgan fingerprint density at radius 1 is 0.867 bits per heavy atom. The first-order valence-electron chi connectivity index (χ1n) is 6.07. The molecule has 15 heavy (non-hydrogen) atoms. The van der Waals surface area contributed by atoms with E-state index >= 15 is 0 Å². The van der Waals surface area contributed by atoms with E-state index in [0.717, 1.165) is 25.7 Å². The molecule has 0 spiro atoms. The number of rotatable bonds is 7. The zero-order chi connectivity index (χ0) is 12.1. The van der Waals surface area contributed by atoms with Gasteiger partial charge in [-0.3, -0.25) is 5.26 Å². The van der Waals surface area contributed by atoms with Crippen LogP contribution in [0.15, 0.2) is 0 Å². The molecule has 0 unspecified atom stereocenters. The van der Waals surface area contributed by atoms with Crippen LogP contribution in [-0.4, -0.2) is 23.6 Å². The van der Waals surface area contributed by atoms with Gasteiger partial charge in [0.1, 0.15) is 0 Å². The van der Waals surface area contributed by atoms with E-state index in [9.17, 15) is 0 Å². The van der Waals surface area contributed by atoms with E-state index in [-0.39, 0.29) is 0 Å². The lowest BCUT2D eigenvalue weighted by atomic mass is 10.1. The van der Waals surface area contributed by atoms with Crippen LogP contribution in [0.2, 0.25) is 0 Å². The van der Waals surface area contributed by atoms with E-state index in [1.807, 2.05) is 0 Å². The molecule has 3 heteroatoms. The molecule has 2 N–H and O–H groups in total. The first-order chi connectivity index (χ1) is 7.19. The summed E-state index contributed by atoms with van der Waals surface area (Å²) in [6.07, 6.45) is 4.37. The molecule has 0 saturated heterocycles. The molecule has 0 radical (unpaired) electrons. The van der Waals surface area contributed by atoms with Gasteiger partial charge in [-0.2, -0.15) is 0 Å². The fourth-order valence-corrected chi connectivity index (χ4v) is 1.18. The Morgan fingerprint density at radius 3 is 1.33 bits per heavy atom. The van der Waals surface area contributed by atoms with Crippen LogP contribution in [0, 0.1) is 11.8 Å². The second kappa shape index (κ2) is 13.9. The van der Waals surface area contributed by atoms with E-state index < -0.39 is 0 Å². The third-order valence-corrected chi connectivity index (χ3v) is 2.88. The number of aliphatic hydroxyl groups is 1. The molecular weight excluding hydrogens is 192 g/mol. The first-order valence-corrected chi connectivity index (χ1v) is 6.07. The van der Waals surface area contributed by atoms with E-state index in [0.29, 0.717) is 25.0 Å². The summed E-state index contributed by atoms with van der Waals surface area (Å²) in [6.45, 7) is 9.22. The summed E-state index contributed by atoms with van der Waals surface area (Å²) in [5.74, 6) is 1.07. The summed E-state index contributed by atoms with van der Waals surface area (Å²) in [5.41, 5.74) is 0. The molecule has 0 aromatic carbocycles. The Labute approximate surface area is 94.4 Å². The van der Waals surface area contributed by atoms with Crippen LogP contribution in [0.5, 0.6) is 0 Å². The van der Waals surface area contributed by atoms with Crippen LogP contribution in [0.25, 0.3) is 0 Å². The third-order valence-electron chi connectivity index (χ3n) is 2.88. The van der Waals surface area contributed by atoms with Crippen LogP contribution >= 0.6 is 0 Å². The molecular formula is C12H28O3. The Bertz CT molecular complexity index is 93.5. The maximum absolute atomic E-state index is 8.53. The highest BCUT2D eigenvalue weighted by Crippen LogP contribution is 2.06. The Kier molecular flexibility index (Phi) is 16.0. The lowest BCUT2D eigenvalue weighted by molar-refractivity contribution is -0.251. The molecule has 0 fully saturated rings.